The number of aromatic nitrogens is 1. The third-order valence-corrected chi connectivity index (χ3v) is 4.80. The molecule has 3 rings (SSSR count). The maximum Gasteiger partial charge on any atom is 0.322 e. The number of amides is 2. The summed E-state index contributed by atoms with van der Waals surface area (Å²) in [6, 6.07) is 4.80. The molecule has 2 N–H and O–H groups in total. The second-order valence-corrected chi connectivity index (χ2v) is 6.61. The van der Waals surface area contributed by atoms with Crippen molar-refractivity contribution in [1.82, 2.24) is 9.88 Å². The van der Waals surface area contributed by atoms with Gasteiger partial charge >= 0.3 is 6.03 Å². The van der Waals surface area contributed by atoms with Gasteiger partial charge in [0.05, 0.1) is 16.5 Å². The fourth-order valence-electron chi connectivity index (χ4n) is 2.82. The van der Waals surface area contributed by atoms with Crippen LogP contribution in [0.1, 0.15) is 18.5 Å². The van der Waals surface area contributed by atoms with Crippen molar-refractivity contribution >= 4 is 34.1 Å². The van der Waals surface area contributed by atoms with Crippen LogP contribution in [0.25, 0.3) is 10.8 Å². The Morgan fingerprint density at radius 2 is 1.86 bits per heavy atom. The van der Waals surface area contributed by atoms with Crippen LogP contribution in [0.2, 0.25) is 5.02 Å². The molecule has 0 aliphatic rings. The lowest BCUT2D eigenvalue weighted by Crippen LogP contribution is -2.34. The van der Waals surface area contributed by atoms with Crippen molar-refractivity contribution in [2.24, 2.45) is 0 Å². The molecule has 9 heteroatoms. The molecule has 5 nitrogen and oxygen atoms in total. The standard InChI is InChI=1S/C19H15ClF3N3O2/c1-9(26(2)19(28)25-10-3-5-14(21)13(20)7-10)12-8-24-18(27)16-11(12)4-6-15(22)17(16)23/h3-9H,1-2H3,(H,24,27)(H,25,28). The molecule has 1 aromatic heterocycles. The van der Waals surface area contributed by atoms with E-state index in [0.29, 0.717) is 5.56 Å². The summed E-state index contributed by atoms with van der Waals surface area (Å²) in [6.07, 6.45) is 1.35. The summed E-state index contributed by atoms with van der Waals surface area (Å²) < 4.78 is 40.8. The highest BCUT2D eigenvalue weighted by Crippen LogP contribution is 2.28. The number of H-pyrrole nitrogens is 1. The SMILES string of the molecule is CC(c1c[nH]c(=O)c2c(F)c(F)ccc12)N(C)C(=O)Nc1ccc(F)c(Cl)c1. The molecule has 0 fully saturated rings. The first-order valence-corrected chi connectivity index (χ1v) is 8.56. The maximum atomic E-state index is 14.1. The van der Waals surface area contributed by atoms with E-state index in [1.54, 1.807) is 6.92 Å². The molecule has 3 aromatic rings. The van der Waals surface area contributed by atoms with Crippen LogP contribution in [0.15, 0.2) is 41.3 Å². The lowest BCUT2D eigenvalue weighted by molar-refractivity contribution is 0.208. The highest BCUT2D eigenvalue weighted by Gasteiger charge is 2.22. The summed E-state index contributed by atoms with van der Waals surface area (Å²) in [5.41, 5.74) is -0.0609. The van der Waals surface area contributed by atoms with E-state index in [0.717, 1.165) is 12.1 Å². The molecule has 2 amide bonds. The zero-order chi connectivity index (χ0) is 20.6. The Morgan fingerprint density at radius 3 is 2.54 bits per heavy atom. The highest BCUT2D eigenvalue weighted by atomic mass is 35.5. The van der Waals surface area contributed by atoms with E-state index in [9.17, 15) is 22.8 Å². The molecule has 0 aliphatic carbocycles. The van der Waals surface area contributed by atoms with Gasteiger partial charge in [0.2, 0.25) is 0 Å². The van der Waals surface area contributed by atoms with Crippen LogP contribution in [0.5, 0.6) is 0 Å². The number of halogens is 4. The van der Waals surface area contributed by atoms with Gasteiger partial charge in [-0.1, -0.05) is 17.7 Å². The number of carbonyl (C=O) groups excluding carboxylic acids is 1. The van der Waals surface area contributed by atoms with Gasteiger partial charge in [0, 0.05) is 18.9 Å². The Balaban J connectivity index is 1.93. The molecule has 146 valence electrons. The molecule has 0 spiro atoms. The van der Waals surface area contributed by atoms with Crippen LogP contribution in [0.4, 0.5) is 23.7 Å². The van der Waals surface area contributed by atoms with Crippen molar-refractivity contribution in [3.05, 3.63) is 74.9 Å². The van der Waals surface area contributed by atoms with E-state index < -0.39 is 40.5 Å². The molecule has 2 aromatic carbocycles. The van der Waals surface area contributed by atoms with Crippen LogP contribution in [0.3, 0.4) is 0 Å². The van der Waals surface area contributed by atoms with E-state index in [2.05, 4.69) is 10.3 Å². The first-order chi connectivity index (χ1) is 13.2. The van der Waals surface area contributed by atoms with Crippen LogP contribution in [-0.2, 0) is 0 Å². The largest absolute Gasteiger partial charge is 0.328 e. The minimum absolute atomic E-state index is 0.141. The summed E-state index contributed by atoms with van der Waals surface area (Å²) in [6.45, 7) is 1.66. The third-order valence-electron chi connectivity index (χ3n) is 4.51. The number of fused-ring (bicyclic) bond motifs is 1. The molecule has 1 heterocycles. The molecule has 0 saturated carbocycles. The summed E-state index contributed by atoms with van der Waals surface area (Å²) in [5, 5.41) is 2.21. The molecule has 28 heavy (non-hydrogen) atoms. The predicted molar refractivity (Wildman–Crippen MR) is 101 cm³/mol. The van der Waals surface area contributed by atoms with E-state index in [-0.39, 0.29) is 16.1 Å². The molecule has 0 bridgehead atoms. The summed E-state index contributed by atoms with van der Waals surface area (Å²) in [4.78, 5) is 28.1. The Morgan fingerprint density at radius 1 is 1.18 bits per heavy atom. The quantitative estimate of drug-likeness (QED) is 0.651. The lowest BCUT2D eigenvalue weighted by Gasteiger charge is -2.26. The van der Waals surface area contributed by atoms with Crippen molar-refractivity contribution < 1.29 is 18.0 Å². The second kappa shape index (κ2) is 7.55. The van der Waals surface area contributed by atoms with Gasteiger partial charge in [-0.25, -0.2) is 18.0 Å². The van der Waals surface area contributed by atoms with Crippen molar-refractivity contribution in [1.29, 1.82) is 0 Å². The van der Waals surface area contributed by atoms with Crippen molar-refractivity contribution in [3.8, 4) is 0 Å². The van der Waals surface area contributed by atoms with Gasteiger partial charge in [-0.3, -0.25) is 4.79 Å². The zero-order valence-corrected chi connectivity index (χ0v) is 15.6. The number of nitrogens with one attached hydrogen (secondary N) is 2. The van der Waals surface area contributed by atoms with Crippen LogP contribution < -0.4 is 10.9 Å². The average Bonchev–Trinajstić information content (AvgIpc) is 2.66. The van der Waals surface area contributed by atoms with Gasteiger partial charge < -0.3 is 15.2 Å². The number of carbonyl (C=O) groups is 1. The monoisotopic (exact) mass is 409 g/mol. The van der Waals surface area contributed by atoms with Gasteiger partial charge in [-0.05, 0) is 42.1 Å². The Hall–Kier alpha value is -3.00. The number of benzene rings is 2. The number of anilines is 1. The van der Waals surface area contributed by atoms with Gasteiger partial charge in [-0.15, -0.1) is 0 Å². The number of pyridine rings is 1. The number of rotatable bonds is 3. The van der Waals surface area contributed by atoms with Gasteiger partial charge in [-0.2, -0.15) is 0 Å². The number of nitrogens with zero attached hydrogens (tertiary/aromatic N) is 1. The van der Waals surface area contributed by atoms with Crippen LogP contribution in [0, 0.1) is 17.5 Å². The van der Waals surface area contributed by atoms with Crippen molar-refractivity contribution in [2.45, 2.75) is 13.0 Å². The van der Waals surface area contributed by atoms with E-state index >= 15 is 0 Å². The van der Waals surface area contributed by atoms with Gasteiger partial charge in [0.15, 0.2) is 11.6 Å². The Kier molecular flexibility index (Phi) is 5.33. The topological polar surface area (TPSA) is 65.2 Å². The molecular formula is C19H15ClF3N3O2. The fraction of sp³-hybridized carbons (Fsp3) is 0.158. The Labute approximate surface area is 162 Å². The number of aromatic amines is 1. The minimum Gasteiger partial charge on any atom is -0.328 e. The molecular weight excluding hydrogens is 395 g/mol. The Bertz CT molecular complexity index is 1130. The highest BCUT2D eigenvalue weighted by molar-refractivity contribution is 6.31. The number of hydrogen-bond donors (Lipinski definition) is 2. The molecule has 0 aliphatic heterocycles. The first-order valence-electron chi connectivity index (χ1n) is 8.19. The maximum absolute atomic E-state index is 14.1. The number of hydrogen-bond acceptors (Lipinski definition) is 2. The normalized spacial score (nSPS) is 12.1. The van der Waals surface area contributed by atoms with E-state index in [4.69, 9.17) is 11.6 Å². The van der Waals surface area contributed by atoms with Crippen molar-refractivity contribution in [3.63, 3.8) is 0 Å². The zero-order valence-electron chi connectivity index (χ0n) is 14.8. The summed E-state index contributed by atoms with van der Waals surface area (Å²) in [5.74, 6) is -3.00. The summed E-state index contributed by atoms with van der Waals surface area (Å²) in [7, 11) is 1.49. The average molecular weight is 410 g/mol. The predicted octanol–water partition coefficient (Wildman–Crippen LogP) is 4.82. The first kappa shape index (κ1) is 19.8. The smallest absolute Gasteiger partial charge is 0.322 e. The number of urea groups is 1. The second-order valence-electron chi connectivity index (χ2n) is 6.20. The minimum atomic E-state index is -1.25. The summed E-state index contributed by atoms with van der Waals surface area (Å²) >= 11 is 5.70. The third kappa shape index (κ3) is 3.55. The van der Waals surface area contributed by atoms with Gasteiger partial charge in [0.25, 0.3) is 5.56 Å². The van der Waals surface area contributed by atoms with E-state index in [1.165, 1.54) is 36.3 Å². The molecule has 1 unspecified atom stereocenters. The fourth-order valence-corrected chi connectivity index (χ4v) is 3.00. The van der Waals surface area contributed by atoms with Crippen LogP contribution in [-0.4, -0.2) is 23.0 Å². The van der Waals surface area contributed by atoms with Gasteiger partial charge in [0.1, 0.15) is 5.82 Å². The molecule has 0 radical (unpaired) electrons. The molecule has 1 atom stereocenters. The van der Waals surface area contributed by atoms with E-state index in [1.807, 2.05) is 0 Å². The lowest BCUT2D eigenvalue weighted by atomic mass is 10.0. The van der Waals surface area contributed by atoms with Crippen molar-refractivity contribution in [2.75, 3.05) is 12.4 Å². The molecule has 0 saturated heterocycles. The van der Waals surface area contributed by atoms with Crippen LogP contribution >= 0.6 is 11.6 Å².